The van der Waals surface area contributed by atoms with E-state index in [1.54, 1.807) is 36.3 Å². The van der Waals surface area contributed by atoms with E-state index in [0.29, 0.717) is 16.4 Å². The van der Waals surface area contributed by atoms with E-state index in [-0.39, 0.29) is 12.3 Å². The zero-order chi connectivity index (χ0) is 16.9. The van der Waals surface area contributed by atoms with Crippen molar-refractivity contribution in [2.24, 2.45) is 0 Å². The number of nitrogens with one attached hydrogen (secondary N) is 1. The first-order valence-electron chi connectivity index (χ1n) is 7.23. The van der Waals surface area contributed by atoms with Gasteiger partial charge in [-0.15, -0.1) is 0 Å². The molecule has 0 atom stereocenters. The lowest BCUT2D eigenvalue weighted by atomic mass is 10.1. The van der Waals surface area contributed by atoms with E-state index in [1.807, 2.05) is 24.3 Å². The van der Waals surface area contributed by atoms with Crippen molar-refractivity contribution >= 4 is 23.2 Å². The van der Waals surface area contributed by atoms with Crippen LogP contribution in [0.3, 0.4) is 0 Å². The number of aromatic nitrogens is 3. The summed E-state index contributed by atoms with van der Waals surface area (Å²) in [6, 6.07) is 12.6. The van der Waals surface area contributed by atoms with E-state index >= 15 is 0 Å². The third-order valence-corrected chi connectivity index (χ3v) is 3.66. The maximum atomic E-state index is 12.3. The van der Waals surface area contributed by atoms with Gasteiger partial charge in [0.05, 0.1) is 24.9 Å². The van der Waals surface area contributed by atoms with Gasteiger partial charge >= 0.3 is 0 Å². The summed E-state index contributed by atoms with van der Waals surface area (Å²) in [7, 11) is 1.60. The Morgan fingerprint density at radius 1 is 1.25 bits per heavy atom. The second-order valence-corrected chi connectivity index (χ2v) is 5.51. The Hall–Kier alpha value is -2.86. The summed E-state index contributed by atoms with van der Waals surface area (Å²) in [5.74, 6) is 0.603. The maximum absolute atomic E-state index is 12.3. The van der Waals surface area contributed by atoms with Crippen LogP contribution >= 0.6 is 11.6 Å². The SMILES string of the molecule is COc1ccc(CC(=O)Nc2cc(Cl)ccc2-n2cncn2)cc1. The first kappa shape index (κ1) is 16.0. The average Bonchev–Trinajstić information content (AvgIpc) is 3.10. The number of hydrogen-bond donors (Lipinski definition) is 1. The van der Waals surface area contributed by atoms with Gasteiger partial charge in [-0.05, 0) is 35.9 Å². The molecule has 24 heavy (non-hydrogen) atoms. The number of carbonyl (C=O) groups excluding carboxylic acids is 1. The molecule has 0 unspecified atom stereocenters. The molecule has 3 rings (SSSR count). The van der Waals surface area contributed by atoms with E-state index in [4.69, 9.17) is 16.3 Å². The second kappa shape index (κ2) is 7.14. The van der Waals surface area contributed by atoms with E-state index < -0.39 is 0 Å². The topological polar surface area (TPSA) is 69.0 Å². The molecular weight excluding hydrogens is 328 g/mol. The van der Waals surface area contributed by atoms with E-state index in [2.05, 4.69) is 15.4 Å². The summed E-state index contributed by atoms with van der Waals surface area (Å²) in [6.07, 6.45) is 3.23. The lowest BCUT2D eigenvalue weighted by Crippen LogP contribution is -2.16. The highest BCUT2D eigenvalue weighted by atomic mass is 35.5. The molecule has 6 nitrogen and oxygen atoms in total. The van der Waals surface area contributed by atoms with Crippen molar-refractivity contribution in [1.29, 1.82) is 0 Å². The van der Waals surface area contributed by atoms with Gasteiger partial charge < -0.3 is 10.1 Å². The Balaban J connectivity index is 1.77. The number of amides is 1. The molecule has 1 heterocycles. The minimum Gasteiger partial charge on any atom is -0.497 e. The molecule has 0 spiro atoms. The Kier molecular flexibility index (Phi) is 4.77. The number of anilines is 1. The van der Waals surface area contributed by atoms with Crippen molar-refractivity contribution < 1.29 is 9.53 Å². The van der Waals surface area contributed by atoms with Crippen LogP contribution in [0.1, 0.15) is 5.56 Å². The largest absolute Gasteiger partial charge is 0.497 e. The normalized spacial score (nSPS) is 10.4. The van der Waals surface area contributed by atoms with Crippen LogP contribution in [0.4, 0.5) is 5.69 Å². The molecular formula is C17H15ClN4O2. The number of ether oxygens (including phenoxy) is 1. The quantitative estimate of drug-likeness (QED) is 0.773. The van der Waals surface area contributed by atoms with Crippen LogP contribution < -0.4 is 10.1 Å². The number of nitrogens with zero attached hydrogens (tertiary/aromatic N) is 3. The zero-order valence-corrected chi connectivity index (χ0v) is 13.7. The minimum atomic E-state index is -0.149. The van der Waals surface area contributed by atoms with Crippen molar-refractivity contribution in [3.63, 3.8) is 0 Å². The van der Waals surface area contributed by atoms with Crippen LogP contribution in [0, 0.1) is 0 Å². The number of methoxy groups -OCH3 is 1. The first-order valence-corrected chi connectivity index (χ1v) is 7.61. The lowest BCUT2D eigenvalue weighted by Gasteiger charge is -2.11. The van der Waals surface area contributed by atoms with E-state index in [9.17, 15) is 4.79 Å². The molecule has 2 aromatic carbocycles. The van der Waals surface area contributed by atoms with Crippen LogP contribution in [-0.4, -0.2) is 27.8 Å². The Morgan fingerprint density at radius 3 is 2.71 bits per heavy atom. The monoisotopic (exact) mass is 342 g/mol. The number of halogens is 1. The van der Waals surface area contributed by atoms with Gasteiger partial charge in [0.15, 0.2) is 0 Å². The number of benzene rings is 2. The lowest BCUT2D eigenvalue weighted by molar-refractivity contribution is -0.115. The fourth-order valence-corrected chi connectivity index (χ4v) is 2.44. The Bertz CT molecular complexity index is 832. The van der Waals surface area contributed by atoms with Crippen LogP contribution in [0.25, 0.3) is 5.69 Å². The van der Waals surface area contributed by atoms with Crippen molar-refractivity contribution in [3.8, 4) is 11.4 Å². The highest BCUT2D eigenvalue weighted by molar-refractivity contribution is 6.31. The van der Waals surface area contributed by atoms with Gasteiger partial charge in [-0.25, -0.2) is 9.67 Å². The van der Waals surface area contributed by atoms with Crippen molar-refractivity contribution in [2.45, 2.75) is 6.42 Å². The molecule has 0 bridgehead atoms. The molecule has 1 N–H and O–H groups in total. The smallest absolute Gasteiger partial charge is 0.228 e. The van der Waals surface area contributed by atoms with Crippen molar-refractivity contribution in [2.75, 3.05) is 12.4 Å². The highest BCUT2D eigenvalue weighted by Gasteiger charge is 2.11. The molecule has 0 radical (unpaired) electrons. The Labute approximate surface area is 144 Å². The molecule has 0 aliphatic heterocycles. The summed E-state index contributed by atoms with van der Waals surface area (Å²) >= 11 is 6.04. The van der Waals surface area contributed by atoms with Gasteiger partial charge in [0, 0.05) is 5.02 Å². The molecule has 0 saturated heterocycles. The Morgan fingerprint density at radius 2 is 2.04 bits per heavy atom. The molecule has 1 amide bonds. The van der Waals surface area contributed by atoms with E-state index in [0.717, 1.165) is 11.3 Å². The van der Waals surface area contributed by atoms with E-state index in [1.165, 1.54) is 6.33 Å². The third-order valence-electron chi connectivity index (χ3n) is 3.42. The highest BCUT2D eigenvalue weighted by Crippen LogP contribution is 2.24. The molecule has 0 saturated carbocycles. The zero-order valence-electron chi connectivity index (χ0n) is 12.9. The maximum Gasteiger partial charge on any atom is 0.228 e. The average molecular weight is 343 g/mol. The van der Waals surface area contributed by atoms with Crippen molar-refractivity contribution in [1.82, 2.24) is 14.8 Å². The first-order chi connectivity index (χ1) is 11.7. The van der Waals surface area contributed by atoms with Gasteiger partial charge in [-0.3, -0.25) is 4.79 Å². The predicted molar refractivity (Wildman–Crippen MR) is 91.7 cm³/mol. The summed E-state index contributed by atoms with van der Waals surface area (Å²) in [4.78, 5) is 16.3. The molecule has 1 aromatic heterocycles. The summed E-state index contributed by atoms with van der Waals surface area (Å²) in [5.41, 5.74) is 2.16. The molecule has 7 heteroatoms. The number of hydrogen-bond acceptors (Lipinski definition) is 4. The van der Waals surface area contributed by atoms with Crippen LogP contribution in [0.15, 0.2) is 55.1 Å². The fourth-order valence-electron chi connectivity index (χ4n) is 2.26. The van der Waals surface area contributed by atoms with Crippen LogP contribution in [-0.2, 0) is 11.2 Å². The molecule has 0 aliphatic carbocycles. The van der Waals surface area contributed by atoms with Gasteiger partial charge in [0.2, 0.25) is 5.91 Å². The fraction of sp³-hybridized carbons (Fsp3) is 0.118. The standard InChI is InChI=1S/C17H15ClN4O2/c1-24-14-5-2-12(3-6-14)8-17(23)21-15-9-13(18)4-7-16(15)22-11-19-10-20-22/h2-7,9-11H,8H2,1H3,(H,21,23). The van der Waals surface area contributed by atoms with Crippen LogP contribution in [0.5, 0.6) is 5.75 Å². The number of rotatable bonds is 5. The van der Waals surface area contributed by atoms with Gasteiger partial charge in [-0.2, -0.15) is 5.10 Å². The van der Waals surface area contributed by atoms with Gasteiger partial charge in [-0.1, -0.05) is 23.7 Å². The summed E-state index contributed by atoms with van der Waals surface area (Å²) < 4.78 is 6.68. The molecule has 0 fully saturated rings. The second-order valence-electron chi connectivity index (χ2n) is 5.07. The third kappa shape index (κ3) is 3.72. The van der Waals surface area contributed by atoms with Gasteiger partial charge in [0.25, 0.3) is 0 Å². The predicted octanol–water partition coefficient (Wildman–Crippen LogP) is 3.11. The minimum absolute atomic E-state index is 0.149. The molecule has 122 valence electrons. The molecule has 3 aromatic rings. The summed E-state index contributed by atoms with van der Waals surface area (Å²) in [5, 5.41) is 7.48. The molecule has 0 aliphatic rings. The number of carbonyl (C=O) groups is 1. The van der Waals surface area contributed by atoms with Crippen molar-refractivity contribution in [3.05, 3.63) is 65.7 Å². The van der Waals surface area contributed by atoms with Gasteiger partial charge in [0.1, 0.15) is 18.4 Å². The summed E-state index contributed by atoms with van der Waals surface area (Å²) in [6.45, 7) is 0. The van der Waals surface area contributed by atoms with Crippen LogP contribution in [0.2, 0.25) is 5.02 Å².